The molecule has 0 fully saturated rings. The van der Waals surface area contributed by atoms with E-state index in [2.05, 4.69) is 10.3 Å². The van der Waals surface area contributed by atoms with Gasteiger partial charge >= 0.3 is 0 Å². The van der Waals surface area contributed by atoms with Crippen LogP contribution in [-0.2, 0) is 16.0 Å². The van der Waals surface area contributed by atoms with Gasteiger partial charge in [-0.2, -0.15) is 5.26 Å². The fraction of sp³-hybridized carbons (Fsp3) is 0.294. The number of thiazole rings is 1. The second-order valence-corrected chi connectivity index (χ2v) is 5.65. The molecule has 1 unspecified atom stereocenters. The van der Waals surface area contributed by atoms with Crippen molar-refractivity contribution in [2.45, 2.75) is 19.8 Å². The van der Waals surface area contributed by atoms with E-state index in [1.807, 2.05) is 12.3 Å². The van der Waals surface area contributed by atoms with Crippen molar-refractivity contribution >= 4 is 28.7 Å². The number of nitrogens with one attached hydrogen (secondary N) is 1. The van der Waals surface area contributed by atoms with Crippen molar-refractivity contribution in [3.05, 3.63) is 40.8 Å². The Labute approximate surface area is 144 Å². The molecule has 0 spiro atoms. The summed E-state index contributed by atoms with van der Waals surface area (Å²) >= 11 is 1.44. The summed E-state index contributed by atoms with van der Waals surface area (Å²) in [7, 11) is 0. The van der Waals surface area contributed by atoms with Crippen LogP contribution in [-0.4, -0.2) is 23.3 Å². The number of Topliss-reactive ketones (excluding diaryl/α,β-unsaturated/α-hetero) is 1. The number of hydrogen-bond donors (Lipinski definition) is 1. The summed E-state index contributed by atoms with van der Waals surface area (Å²) in [6, 6.07) is 8.68. The molecule has 1 amide bonds. The fourth-order valence-electron chi connectivity index (χ4n) is 2.09. The Morgan fingerprint density at radius 3 is 2.88 bits per heavy atom. The zero-order valence-corrected chi connectivity index (χ0v) is 14.0. The molecule has 0 aliphatic rings. The molecule has 2 rings (SSSR count). The minimum absolute atomic E-state index is 0.0997. The van der Waals surface area contributed by atoms with Gasteiger partial charge in [-0.25, -0.2) is 4.98 Å². The first-order valence-electron chi connectivity index (χ1n) is 7.47. The highest BCUT2D eigenvalue weighted by Crippen LogP contribution is 2.24. The lowest BCUT2D eigenvalue weighted by Crippen LogP contribution is -2.29. The van der Waals surface area contributed by atoms with Crippen LogP contribution in [0.5, 0.6) is 5.75 Å². The lowest BCUT2D eigenvalue weighted by molar-refractivity contribution is -0.128. The minimum atomic E-state index is -1.35. The van der Waals surface area contributed by atoms with E-state index >= 15 is 0 Å². The predicted octanol–water partition coefficient (Wildman–Crippen LogP) is 2.82. The van der Waals surface area contributed by atoms with Crippen LogP contribution >= 0.6 is 11.3 Å². The van der Waals surface area contributed by atoms with Crippen LogP contribution in [0.1, 0.15) is 19.0 Å². The van der Waals surface area contributed by atoms with Gasteiger partial charge in [0.15, 0.2) is 11.7 Å². The number of nitriles is 1. The third-order valence-electron chi connectivity index (χ3n) is 3.27. The molecule has 1 atom stereocenters. The molecule has 0 aliphatic carbocycles. The maximum Gasteiger partial charge on any atom is 0.249 e. The van der Waals surface area contributed by atoms with Crippen molar-refractivity contribution in [2.24, 2.45) is 5.92 Å². The van der Waals surface area contributed by atoms with Gasteiger partial charge in [0.1, 0.15) is 5.75 Å². The summed E-state index contributed by atoms with van der Waals surface area (Å²) in [5.74, 6) is -1.91. The first-order valence-corrected chi connectivity index (χ1v) is 8.42. The summed E-state index contributed by atoms with van der Waals surface area (Å²) in [6.07, 6.45) is 0.520. The summed E-state index contributed by atoms with van der Waals surface area (Å²) in [5, 5.41) is 13.6. The van der Waals surface area contributed by atoms with Crippen molar-refractivity contribution < 1.29 is 14.3 Å². The lowest BCUT2D eigenvalue weighted by atomic mass is 10.00. The molecule has 1 heterocycles. The maximum absolute atomic E-state index is 12.3. The quantitative estimate of drug-likeness (QED) is 0.744. The van der Waals surface area contributed by atoms with Gasteiger partial charge < -0.3 is 10.1 Å². The standard InChI is InChI=1S/C17H17N3O3S/c1-2-23-16-6-4-3-5-14(16)20-17(22)13(9-18)15(21)8-7-12-10-24-11-19-12/h3-6,10-11,13H,2,7-8H2,1H3,(H,20,22). The van der Waals surface area contributed by atoms with Crippen LogP contribution < -0.4 is 10.1 Å². The average Bonchev–Trinajstić information content (AvgIpc) is 3.09. The first kappa shape index (κ1) is 17.6. The van der Waals surface area contributed by atoms with Gasteiger partial charge in [-0.3, -0.25) is 9.59 Å². The Balaban J connectivity index is 2.01. The Morgan fingerprint density at radius 1 is 1.42 bits per heavy atom. The number of ether oxygens (including phenoxy) is 1. The van der Waals surface area contributed by atoms with Gasteiger partial charge in [-0.05, 0) is 25.5 Å². The number of benzene rings is 1. The largest absolute Gasteiger partial charge is 0.492 e. The van der Waals surface area contributed by atoms with Gasteiger partial charge in [-0.1, -0.05) is 12.1 Å². The average molecular weight is 343 g/mol. The highest BCUT2D eigenvalue weighted by molar-refractivity contribution is 7.07. The van der Waals surface area contributed by atoms with E-state index in [0.29, 0.717) is 24.5 Å². The molecule has 0 saturated heterocycles. The molecule has 2 aromatic rings. The number of carbonyl (C=O) groups excluding carboxylic acids is 2. The molecule has 6 nitrogen and oxygen atoms in total. The zero-order valence-electron chi connectivity index (χ0n) is 13.2. The summed E-state index contributed by atoms with van der Waals surface area (Å²) in [6.45, 7) is 2.28. The highest BCUT2D eigenvalue weighted by atomic mass is 32.1. The number of amides is 1. The van der Waals surface area contributed by atoms with Crippen molar-refractivity contribution in [2.75, 3.05) is 11.9 Å². The fourth-order valence-corrected chi connectivity index (χ4v) is 2.68. The Hall–Kier alpha value is -2.72. The number of para-hydroxylation sites is 2. The van der Waals surface area contributed by atoms with Crippen molar-refractivity contribution in [1.29, 1.82) is 5.26 Å². The third kappa shape index (κ3) is 4.64. The highest BCUT2D eigenvalue weighted by Gasteiger charge is 2.26. The van der Waals surface area contributed by atoms with Crippen molar-refractivity contribution in [3.8, 4) is 11.8 Å². The lowest BCUT2D eigenvalue weighted by Gasteiger charge is -2.13. The molecule has 1 N–H and O–H groups in total. The number of carbonyl (C=O) groups is 2. The number of hydrogen-bond acceptors (Lipinski definition) is 6. The Kier molecular flexibility index (Phi) is 6.46. The van der Waals surface area contributed by atoms with Gasteiger partial charge in [-0.15, -0.1) is 11.3 Å². The molecular weight excluding hydrogens is 326 g/mol. The molecule has 0 aliphatic heterocycles. The summed E-state index contributed by atoms with van der Waals surface area (Å²) < 4.78 is 5.42. The Morgan fingerprint density at radius 2 is 2.21 bits per heavy atom. The molecule has 0 bridgehead atoms. The molecule has 0 saturated carbocycles. The summed E-state index contributed by atoms with van der Waals surface area (Å²) in [5.41, 5.74) is 2.91. The number of rotatable bonds is 8. The van der Waals surface area contributed by atoms with E-state index in [0.717, 1.165) is 5.69 Å². The van der Waals surface area contributed by atoms with Crippen LogP contribution in [0.15, 0.2) is 35.2 Å². The van der Waals surface area contributed by atoms with Gasteiger partial charge in [0, 0.05) is 11.8 Å². The number of ketones is 1. The van der Waals surface area contributed by atoms with Crippen molar-refractivity contribution in [3.63, 3.8) is 0 Å². The molecular formula is C17H17N3O3S. The zero-order chi connectivity index (χ0) is 17.4. The van der Waals surface area contributed by atoms with Gasteiger partial charge in [0.05, 0.1) is 29.6 Å². The number of nitrogens with zero attached hydrogens (tertiary/aromatic N) is 2. The van der Waals surface area contributed by atoms with Crippen LogP contribution in [0, 0.1) is 17.2 Å². The van der Waals surface area contributed by atoms with Crippen LogP contribution in [0.2, 0.25) is 0 Å². The second kappa shape index (κ2) is 8.79. The van der Waals surface area contributed by atoms with Crippen LogP contribution in [0.25, 0.3) is 0 Å². The molecule has 1 aromatic heterocycles. The molecule has 0 radical (unpaired) electrons. The smallest absolute Gasteiger partial charge is 0.249 e. The maximum atomic E-state index is 12.3. The second-order valence-electron chi connectivity index (χ2n) is 4.93. The van der Waals surface area contributed by atoms with E-state index in [1.54, 1.807) is 35.8 Å². The van der Waals surface area contributed by atoms with Gasteiger partial charge in [0.2, 0.25) is 5.91 Å². The monoisotopic (exact) mass is 343 g/mol. The molecule has 24 heavy (non-hydrogen) atoms. The summed E-state index contributed by atoms with van der Waals surface area (Å²) in [4.78, 5) is 28.5. The Bertz CT molecular complexity index is 738. The predicted molar refractivity (Wildman–Crippen MR) is 90.8 cm³/mol. The number of anilines is 1. The number of aryl methyl sites for hydroxylation is 1. The van der Waals surface area contributed by atoms with E-state index in [-0.39, 0.29) is 6.42 Å². The third-order valence-corrected chi connectivity index (χ3v) is 3.90. The molecule has 1 aromatic carbocycles. The SMILES string of the molecule is CCOc1ccccc1NC(=O)C(C#N)C(=O)CCc1cscn1. The van der Waals surface area contributed by atoms with Crippen LogP contribution in [0.4, 0.5) is 5.69 Å². The van der Waals surface area contributed by atoms with E-state index in [1.165, 1.54) is 11.3 Å². The van der Waals surface area contributed by atoms with E-state index in [4.69, 9.17) is 4.74 Å². The van der Waals surface area contributed by atoms with E-state index < -0.39 is 17.6 Å². The van der Waals surface area contributed by atoms with Crippen LogP contribution in [0.3, 0.4) is 0 Å². The number of aromatic nitrogens is 1. The van der Waals surface area contributed by atoms with Crippen molar-refractivity contribution in [1.82, 2.24) is 4.98 Å². The molecule has 7 heteroatoms. The minimum Gasteiger partial charge on any atom is -0.492 e. The first-order chi connectivity index (χ1) is 11.7. The van der Waals surface area contributed by atoms with Gasteiger partial charge in [0.25, 0.3) is 0 Å². The normalized spacial score (nSPS) is 11.3. The topological polar surface area (TPSA) is 92.1 Å². The molecule has 124 valence electrons. The van der Waals surface area contributed by atoms with E-state index in [9.17, 15) is 14.9 Å².